The molecule has 0 aliphatic carbocycles. The minimum atomic E-state index is 0.499. The van der Waals surface area contributed by atoms with Gasteiger partial charge in [0.1, 0.15) is 0 Å². The molecule has 1 atom stereocenters. The number of nitrogens with one attached hydrogen (secondary N) is 2. The van der Waals surface area contributed by atoms with E-state index in [0.717, 1.165) is 44.4 Å². The molecule has 128 valence electrons. The SMILES string of the molecule is CCCCNC(=S)NCC(C)N1CCN(c2ccccc2)CC1. The van der Waals surface area contributed by atoms with Gasteiger partial charge in [-0.15, -0.1) is 0 Å². The van der Waals surface area contributed by atoms with Gasteiger partial charge in [0.2, 0.25) is 0 Å². The zero-order valence-corrected chi connectivity index (χ0v) is 15.2. The first-order chi connectivity index (χ1) is 11.2. The molecule has 23 heavy (non-hydrogen) atoms. The molecule has 0 saturated carbocycles. The van der Waals surface area contributed by atoms with Crippen molar-refractivity contribution in [2.45, 2.75) is 32.7 Å². The first-order valence-electron chi connectivity index (χ1n) is 8.76. The van der Waals surface area contributed by atoms with Crippen molar-refractivity contribution in [2.24, 2.45) is 0 Å². The van der Waals surface area contributed by atoms with E-state index >= 15 is 0 Å². The lowest BCUT2D eigenvalue weighted by molar-refractivity contribution is 0.197. The monoisotopic (exact) mass is 334 g/mol. The second kappa shape index (κ2) is 9.73. The van der Waals surface area contributed by atoms with Gasteiger partial charge in [0, 0.05) is 51.0 Å². The first-order valence-corrected chi connectivity index (χ1v) is 9.17. The summed E-state index contributed by atoms with van der Waals surface area (Å²) in [6, 6.07) is 11.2. The number of nitrogens with zero attached hydrogens (tertiary/aromatic N) is 2. The average molecular weight is 335 g/mol. The molecule has 0 radical (unpaired) electrons. The fourth-order valence-corrected chi connectivity index (χ4v) is 3.06. The summed E-state index contributed by atoms with van der Waals surface area (Å²) in [4.78, 5) is 5.01. The molecule has 4 nitrogen and oxygen atoms in total. The number of hydrogen-bond acceptors (Lipinski definition) is 3. The van der Waals surface area contributed by atoms with Crippen molar-refractivity contribution in [3.8, 4) is 0 Å². The molecule has 0 bridgehead atoms. The summed E-state index contributed by atoms with van der Waals surface area (Å²) in [6.07, 6.45) is 2.36. The Hall–Kier alpha value is -1.33. The number of piperazine rings is 1. The van der Waals surface area contributed by atoms with E-state index in [-0.39, 0.29) is 0 Å². The maximum absolute atomic E-state index is 5.32. The second-order valence-corrected chi connectivity index (χ2v) is 6.61. The van der Waals surface area contributed by atoms with Crippen molar-refractivity contribution in [1.29, 1.82) is 0 Å². The van der Waals surface area contributed by atoms with Gasteiger partial charge in [-0.05, 0) is 37.7 Å². The Balaban J connectivity index is 1.67. The highest BCUT2D eigenvalue weighted by atomic mass is 32.1. The molecule has 0 amide bonds. The molecule has 1 aromatic rings. The Morgan fingerprint density at radius 3 is 2.48 bits per heavy atom. The summed E-state index contributed by atoms with van der Waals surface area (Å²) >= 11 is 5.32. The highest BCUT2D eigenvalue weighted by Crippen LogP contribution is 2.16. The first kappa shape index (κ1) is 18.0. The molecule has 2 N–H and O–H groups in total. The van der Waals surface area contributed by atoms with E-state index in [0.29, 0.717) is 6.04 Å². The van der Waals surface area contributed by atoms with Gasteiger partial charge in [-0.3, -0.25) is 4.90 Å². The average Bonchev–Trinajstić information content (AvgIpc) is 2.61. The predicted octanol–water partition coefficient (Wildman–Crippen LogP) is 2.46. The Labute approximate surface area is 146 Å². The van der Waals surface area contributed by atoms with Gasteiger partial charge in [0.15, 0.2) is 5.11 Å². The van der Waals surface area contributed by atoms with Crippen LogP contribution in [0.25, 0.3) is 0 Å². The molecule has 1 aliphatic rings. The van der Waals surface area contributed by atoms with Crippen LogP contribution < -0.4 is 15.5 Å². The van der Waals surface area contributed by atoms with Crippen molar-refractivity contribution in [3.63, 3.8) is 0 Å². The Bertz CT molecular complexity index is 457. The quantitative estimate of drug-likeness (QED) is 0.591. The molecular weight excluding hydrogens is 304 g/mol. The molecule has 1 aromatic carbocycles. The van der Waals surface area contributed by atoms with E-state index < -0.39 is 0 Å². The maximum Gasteiger partial charge on any atom is 0.166 e. The molecule has 1 heterocycles. The number of anilines is 1. The molecule has 1 unspecified atom stereocenters. The highest BCUT2D eigenvalue weighted by molar-refractivity contribution is 7.80. The summed E-state index contributed by atoms with van der Waals surface area (Å²) in [5.41, 5.74) is 1.33. The van der Waals surface area contributed by atoms with Crippen LogP contribution in [0.2, 0.25) is 0 Å². The third-order valence-corrected chi connectivity index (χ3v) is 4.72. The van der Waals surface area contributed by atoms with E-state index in [2.05, 4.69) is 64.6 Å². The summed E-state index contributed by atoms with van der Waals surface area (Å²) in [6.45, 7) is 10.7. The van der Waals surface area contributed by atoms with Gasteiger partial charge in [0.25, 0.3) is 0 Å². The fourth-order valence-electron chi connectivity index (χ4n) is 2.87. The topological polar surface area (TPSA) is 30.5 Å². The number of hydrogen-bond donors (Lipinski definition) is 2. The molecule has 0 spiro atoms. The molecule has 5 heteroatoms. The standard InChI is InChI=1S/C18H30N4S/c1-3-4-10-19-18(23)20-15-16(2)21-11-13-22(14-12-21)17-8-6-5-7-9-17/h5-9,16H,3-4,10-15H2,1-2H3,(H2,19,20,23). The van der Waals surface area contributed by atoms with Crippen molar-refractivity contribution in [3.05, 3.63) is 30.3 Å². The zero-order chi connectivity index (χ0) is 16.5. The molecule has 1 saturated heterocycles. The minimum Gasteiger partial charge on any atom is -0.369 e. The van der Waals surface area contributed by atoms with Crippen LogP contribution in [0.1, 0.15) is 26.7 Å². The number of benzene rings is 1. The van der Waals surface area contributed by atoms with Crippen LogP contribution in [0.4, 0.5) is 5.69 Å². The van der Waals surface area contributed by atoms with Crippen LogP contribution in [-0.4, -0.2) is 55.3 Å². The highest BCUT2D eigenvalue weighted by Gasteiger charge is 2.21. The summed E-state index contributed by atoms with van der Waals surface area (Å²) in [5, 5.41) is 7.40. The lowest BCUT2D eigenvalue weighted by Crippen LogP contribution is -2.53. The lowest BCUT2D eigenvalue weighted by atomic mass is 10.2. The van der Waals surface area contributed by atoms with Gasteiger partial charge < -0.3 is 15.5 Å². The molecule has 1 fully saturated rings. The van der Waals surface area contributed by atoms with Crippen molar-refractivity contribution >= 4 is 23.0 Å². The predicted molar refractivity (Wildman–Crippen MR) is 103 cm³/mol. The van der Waals surface area contributed by atoms with Gasteiger partial charge >= 0.3 is 0 Å². The van der Waals surface area contributed by atoms with Gasteiger partial charge in [0.05, 0.1) is 0 Å². The second-order valence-electron chi connectivity index (χ2n) is 6.20. The van der Waals surface area contributed by atoms with E-state index in [1.165, 1.54) is 18.5 Å². The molecule has 0 aromatic heterocycles. The van der Waals surface area contributed by atoms with Crippen molar-refractivity contribution in [1.82, 2.24) is 15.5 Å². The van der Waals surface area contributed by atoms with Gasteiger partial charge in [-0.1, -0.05) is 31.5 Å². The van der Waals surface area contributed by atoms with Crippen LogP contribution in [0.3, 0.4) is 0 Å². The largest absolute Gasteiger partial charge is 0.369 e. The Morgan fingerprint density at radius 2 is 1.83 bits per heavy atom. The lowest BCUT2D eigenvalue weighted by Gasteiger charge is -2.39. The van der Waals surface area contributed by atoms with Crippen LogP contribution in [0.15, 0.2) is 30.3 Å². The normalized spacial score (nSPS) is 16.9. The number of rotatable bonds is 7. The minimum absolute atomic E-state index is 0.499. The molecule has 2 rings (SSSR count). The Kier molecular flexibility index (Phi) is 7.62. The summed E-state index contributed by atoms with van der Waals surface area (Å²) in [5.74, 6) is 0. The van der Waals surface area contributed by atoms with Gasteiger partial charge in [-0.2, -0.15) is 0 Å². The van der Waals surface area contributed by atoms with Crippen molar-refractivity contribution in [2.75, 3.05) is 44.2 Å². The van der Waals surface area contributed by atoms with E-state index in [1.54, 1.807) is 0 Å². The zero-order valence-electron chi connectivity index (χ0n) is 14.4. The van der Waals surface area contributed by atoms with Crippen LogP contribution in [-0.2, 0) is 0 Å². The van der Waals surface area contributed by atoms with E-state index in [4.69, 9.17) is 12.2 Å². The van der Waals surface area contributed by atoms with Crippen molar-refractivity contribution < 1.29 is 0 Å². The summed E-state index contributed by atoms with van der Waals surface area (Å²) in [7, 11) is 0. The smallest absolute Gasteiger partial charge is 0.166 e. The van der Waals surface area contributed by atoms with Gasteiger partial charge in [-0.25, -0.2) is 0 Å². The fraction of sp³-hybridized carbons (Fsp3) is 0.611. The maximum atomic E-state index is 5.32. The third kappa shape index (κ3) is 5.99. The van der Waals surface area contributed by atoms with E-state index in [1.807, 2.05) is 0 Å². The van der Waals surface area contributed by atoms with Crippen LogP contribution >= 0.6 is 12.2 Å². The summed E-state index contributed by atoms with van der Waals surface area (Å²) < 4.78 is 0. The Morgan fingerprint density at radius 1 is 1.13 bits per heavy atom. The molecule has 1 aliphatic heterocycles. The number of thiocarbonyl (C=S) groups is 1. The third-order valence-electron chi connectivity index (χ3n) is 4.43. The molecular formula is C18H30N4S. The number of para-hydroxylation sites is 1. The number of unbranched alkanes of at least 4 members (excludes halogenated alkanes) is 1. The van der Waals surface area contributed by atoms with Crippen LogP contribution in [0, 0.1) is 0 Å². The van der Waals surface area contributed by atoms with E-state index in [9.17, 15) is 0 Å². The van der Waals surface area contributed by atoms with Crippen LogP contribution in [0.5, 0.6) is 0 Å².